The first-order valence-electron chi connectivity index (χ1n) is 5.37. The molecule has 1 heterocycles. The SMILES string of the molecule is CCNCc1csc(S(=O)(=O)NCCOC)c1. The lowest BCUT2D eigenvalue weighted by molar-refractivity contribution is 0.204. The summed E-state index contributed by atoms with van der Waals surface area (Å²) in [5.74, 6) is 0. The zero-order valence-corrected chi connectivity index (χ0v) is 11.7. The molecule has 0 bridgehead atoms. The fraction of sp³-hybridized carbons (Fsp3) is 0.600. The van der Waals surface area contributed by atoms with Crippen LogP contribution in [0.5, 0.6) is 0 Å². The monoisotopic (exact) mass is 278 g/mol. The van der Waals surface area contributed by atoms with Gasteiger partial charge < -0.3 is 10.1 Å². The van der Waals surface area contributed by atoms with Crippen LogP contribution in [0.15, 0.2) is 15.7 Å². The van der Waals surface area contributed by atoms with Crippen molar-refractivity contribution in [2.24, 2.45) is 0 Å². The summed E-state index contributed by atoms with van der Waals surface area (Å²) < 4.78 is 31.3. The van der Waals surface area contributed by atoms with Crippen LogP contribution < -0.4 is 10.0 Å². The van der Waals surface area contributed by atoms with E-state index in [9.17, 15) is 8.42 Å². The zero-order chi connectivity index (χ0) is 12.7. The van der Waals surface area contributed by atoms with E-state index >= 15 is 0 Å². The van der Waals surface area contributed by atoms with Crippen LogP contribution in [-0.4, -0.2) is 35.2 Å². The van der Waals surface area contributed by atoms with Gasteiger partial charge in [0.15, 0.2) is 0 Å². The topological polar surface area (TPSA) is 67.4 Å². The Kier molecular flexibility index (Phi) is 6.07. The molecular weight excluding hydrogens is 260 g/mol. The summed E-state index contributed by atoms with van der Waals surface area (Å²) >= 11 is 1.23. The molecular formula is C10H18N2O3S2. The predicted molar refractivity (Wildman–Crippen MR) is 68.8 cm³/mol. The molecule has 17 heavy (non-hydrogen) atoms. The van der Waals surface area contributed by atoms with Crippen molar-refractivity contribution < 1.29 is 13.2 Å². The molecule has 2 N–H and O–H groups in total. The first-order chi connectivity index (χ1) is 8.10. The van der Waals surface area contributed by atoms with Crippen molar-refractivity contribution in [2.45, 2.75) is 17.7 Å². The standard InChI is InChI=1S/C10H18N2O3S2/c1-3-11-7-9-6-10(16-8-9)17(13,14)12-4-5-15-2/h6,8,11-12H,3-5,7H2,1-2H3. The van der Waals surface area contributed by atoms with E-state index in [1.807, 2.05) is 12.3 Å². The Balaban J connectivity index is 2.61. The summed E-state index contributed by atoms with van der Waals surface area (Å²) in [4.78, 5) is 0. The molecule has 0 unspecified atom stereocenters. The second kappa shape index (κ2) is 7.07. The van der Waals surface area contributed by atoms with Crippen LogP contribution in [0.4, 0.5) is 0 Å². The number of hydrogen-bond acceptors (Lipinski definition) is 5. The van der Waals surface area contributed by atoms with Crippen molar-refractivity contribution in [3.63, 3.8) is 0 Å². The summed E-state index contributed by atoms with van der Waals surface area (Å²) in [7, 11) is -1.84. The van der Waals surface area contributed by atoms with Crippen molar-refractivity contribution in [1.82, 2.24) is 10.0 Å². The Morgan fingerprint density at radius 1 is 1.47 bits per heavy atom. The second-order valence-corrected chi connectivity index (χ2v) is 6.35. The van der Waals surface area contributed by atoms with Gasteiger partial charge in [-0.1, -0.05) is 6.92 Å². The quantitative estimate of drug-likeness (QED) is 0.690. The van der Waals surface area contributed by atoms with E-state index in [0.29, 0.717) is 23.9 Å². The summed E-state index contributed by atoms with van der Waals surface area (Å²) in [6, 6.07) is 1.70. The highest BCUT2D eigenvalue weighted by atomic mass is 32.2. The van der Waals surface area contributed by atoms with Gasteiger partial charge >= 0.3 is 0 Å². The van der Waals surface area contributed by atoms with E-state index in [4.69, 9.17) is 4.74 Å². The van der Waals surface area contributed by atoms with Crippen LogP contribution in [-0.2, 0) is 21.3 Å². The molecule has 1 rings (SSSR count). The highest BCUT2D eigenvalue weighted by molar-refractivity contribution is 7.91. The average Bonchev–Trinajstić information content (AvgIpc) is 2.76. The predicted octanol–water partition coefficient (Wildman–Crippen LogP) is 0.782. The normalized spacial score (nSPS) is 11.9. The Bertz CT molecular complexity index is 429. The lowest BCUT2D eigenvalue weighted by Crippen LogP contribution is -2.26. The van der Waals surface area contributed by atoms with Gasteiger partial charge in [-0.15, -0.1) is 11.3 Å². The van der Waals surface area contributed by atoms with Crippen molar-refractivity contribution in [3.05, 3.63) is 17.0 Å². The van der Waals surface area contributed by atoms with Gasteiger partial charge in [-0.05, 0) is 23.6 Å². The molecule has 0 aliphatic carbocycles. The average molecular weight is 278 g/mol. The molecule has 0 saturated carbocycles. The smallest absolute Gasteiger partial charge is 0.250 e. The van der Waals surface area contributed by atoms with E-state index in [1.54, 1.807) is 6.07 Å². The Morgan fingerprint density at radius 2 is 2.24 bits per heavy atom. The molecule has 1 aromatic heterocycles. The van der Waals surface area contributed by atoms with Crippen molar-refractivity contribution in [1.29, 1.82) is 0 Å². The van der Waals surface area contributed by atoms with Crippen LogP contribution in [0.2, 0.25) is 0 Å². The molecule has 98 valence electrons. The Morgan fingerprint density at radius 3 is 2.88 bits per heavy atom. The summed E-state index contributed by atoms with van der Waals surface area (Å²) in [5.41, 5.74) is 0.990. The molecule has 7 heteroatoms. The minimum absolute atomic E-state index is 0.291. The van der Waals surface area contributed by atoms with Gasteiger partial charge in [0.25, 0.3) is 0 Å². The maximum absolute atomic E-state index is 11.8. The molecule has 0 fully saturated rings. The van der Waals surface area contributed by atoms with Crippen LogP contribution in [0.3, 0.4) is 0 Å². The molecule has 0 aromatic carbocycles. The van der Waals surface area contributed by atoms with Gasteiger partial charge in [-0.25, -0.2) is 13.1 Å². The van der Waals surface area contributed by atoms with Gasteiger partial charge in [0.2, 0.25) is 10.0 Å². The molecule has 0 amide bonds. The fourth-order valence-corrected chi connectivity index (χ4v) is 3.47. The zero-order valence-electron chi connectivity index (χ0n) is 10.0. The van der Waals surface area contributed by atoms with Gasteiger partial charge in [0.05, 0.1) is 6.61 Å². The Labute approximate surface area is 106 Å². The van der Waals surface area contributed by atoms with Gasteiger partial charge in [-0.2, -0.15) is 0 Å². The van der Waals surface area contributed by atoms with Crippen LogP contribution in [0, 0.1) is 0 Å². The third-order valence-electron chi connectivity index (χ3n) is 2.07. The molecule has 0 spiro atoms. The van der Waals surface area contributed by atoms with Crippen molar-refractivity contribution in [3.8, 4) is 0 Å². The molecule has 1 aromatic rings. The van der Waals surface area contributed by atoms with Crippen LogP contribution >= 0.6 is 11.3 Å². The first-order valence-corrected chi connectivity index (χ1v) is 7.73. The number of methoxy groups -OCH3 is 1. The number of ether oxygens (including phenoxy) is 1. The first kappa shape index (κ1) is 14.6. The summed E-state index contributed by atoms with van der Waals surface area (Å²) in [5, 5.41) is 5.01. The Hall–Kier alpha value is -0.470. The highest BCUT2D eigenvalue weighted by Crippen LogP contribution is 2.19. The van der Waals surface area contributed by atoms with E-state index in [1.165, 1.54) is 18.4 Å². The molecule has 0 aliphatic rings. The molecule has 0 saturated heterocycles. The maximum Gasteiger partial charge on any atom is 0.250 e. The molecule has 5 nitrogen and oxygen atoms in total. The van der Waals surface area contributed by atoms with E-state index in [2.05, 4.69) is 10.0 Å². The summed E-state index contributed by atoms with van der Waals surface area (Å²) in [6.07, 6.45) is 0. The van der Waals surface area contributed by atoms with Crippen molar-refractivity contribution in [2.75, 3.05) is 26.8 Å². The minimum atomic E-state index is -3.38. The van der Waals surface area contributed by atoms with Gasteiger partial charge in [0.1, 0.15) is 4.21 Å². The lowest BCUT2D eigenvalue weighted by Gasteiger charge is -2.03. The number of hydrogen-bond donors (Lipinski definition) is 2. The minimum Gasteiger partial charge on any atom is -0.383 e. The van der Waals surface area contributed by atoms with Gasteiger partial charge in [0, 0.05) is 20.2 Å². The number of nitrogens with one attached hydrogen (secondary N) is 2. The van der Waals surface area contributed by atoms with Crippen LogP contribution in [0.1, 0.15) is 12.5 Å². The molecule has 0 radical (unpaired) electrons. The van der Waals surface area contributed by atoms with E-state index in [0.717, 1.165) is 12.1 Å². The number of thiophene rings is 1. The van der Waals surface area contributed by atoms with Crippen molar-refractivity contribution >= 4 is 21.4 Å². The number of rotatable bonds is 8. The lowest BCUT2D eigenvalue weighted by atomic mass is 10.3. The largest absolute Gasteiger partial charge is 0.383 e. The highest BCUT2D eigenvalue weighted by Gasteiger charge is 2.15. The van der Waals surface area contributed by atoms with E-state index < -0.39 is 10.0 Å². The fourth-order valence-electron chi connectivity index (χ4n) is 1.21. The maximum atomic E-state index is 11.8. The molecule has 0 aliphatic heterocycles. The van der Waals surface area contributed by atoms with E-state index in [-0.39, 0.29) is 0 Å². The molecule has 0 atom stereocenters. The van der Waals surface area contributed by atoms with Crippen LogP contribution in [0.25, 0.3) is 0 Å². The number of sulfonamides is 1. The third-order valence-corrected chi connectivity index (χ3v) is 5.02. The second-order valence-electron chi connectivity index (χ2n) is 3.44. The third kappa shape index (κ3) is 4.72. The summed E-state index contributed by atoms with van der Waals surface area (Å²) in [6.45, 7) is 4.23. The van der Waals surface area contributed by atoms with Gasteiger partial charge in [-0.3, -0.25) is 0 Å².